The first-order chi connectivity index (χ1) is 21.2. The first-order valence-electron chi connectivity index (χ1n) is 16.4. The maximum Gasteiger partial charge on any atom is 0.408 e. The van der Waals surface area contributed by atoms with E-state index in [-0.39, 0.29) is 23.6 Å². The largest absolute Gasteiger partial charge is 0.465 e. The zero-order valence-corrected chi connectivity index (χ0v) is 26.9. The number of halogens is 1. The molecule has 1 unspecified atom stereocenters. The van der Waals surface area contributed by atoms with Gasteiger partial charge >= 0.3 is 6.09 Å². The predicted molar refractivity (Wildman–Crippen MR) is 177 cm³/mol. The lowest BCUT2D eigenvalue weighted by Gasteiger charge is -2.51. The summed E-state index contributed by atoms with van der Waals surface area (Å²) in [5.74, 6) is 1.17. The highest BCUT2D eigenvalue weighted by molar-refractivity contribution is 5.75. The van der Waals surface area contributed by atoms with E-state index < -0.39 is 11.6 Å². The van der Waals surface area contributed by atoms with E-state index in [0.717, 1.165) is 80.5 Å². The zero-order valence-electron chi connectivity index (χ0n) is 26.9. The van der Waals surface area contributed by atoms with Crippen molar-refractivity contribution in [1.29, 1.82) is 0 Å². The fourth-order valence-electron chi connectivity index (χ4n) is 7.59. The van der Waals surface area contributed by atoms with Crippen molar-refractivity contribution in [3.8, 4) is 0 Å². The second-order valence-corrected chi connectivity index (χ2v) is 13.3. The van der Waals surface area contributed by atoms with Crippen LogP contribution < -0.4 is 0 Å². The normalized spacial score (nSPS) is 21.3. The summed E-state index contributed by atoms with van der Waals surface area (Å²) in [7, 11) is 4.24. The lowest BCUT2D eigenvalue weighted by Crippen LogP contribution is -2.58. The van der Waals surface area contributed by atoms with Crippen LogP contribution in [-0.4, -0.2) is 62.8 Å². The van der Waals surface area contributed by atoms with E-state index in [9.17, 15) is 14.3 Å². The number of unbranched alkanes of at least 4 members (excludes halogenated alkanes) is 2. The molecule has 44 heavy (non-hydrogen) atoms. The van der Waals surface area contributed by atoms with E-state index in [1.165, 1.54) is 11.6 Å². The minimum absolute atomic E-state index is 0.0755. The van der Waals surface area contributed by atoms with Crippen molar-refractivity contribution in [2.24, 2.45) is 18.9 Å². The molecule has 1 aromatic heterocycles. The van der Waals surface area contributed by atoms with E-state index in [1.807, 2.05) is 18.2 Å². The van der Waals surface area contributed by atoms with E-state index in [4.69, 9.17) is 4.98 Å². The number of benzene rings is 2. The molecule has 0 aliphatic heterocycles. The van der Waals surface area contributed by atoms with Crippen molar-refractivity contribution >= 4 is 23.2 Å². The van der Waals surface area contributed by atoms with E-state index >= 15 is 0 Å². The molecule has 0 fully saturated rings. The summed E-state index contributed by atoms with van der Waals surface area (Å²) in [4.78, 5) is 22.0. The number of aromatic nitrogens is 2. The molecule has 236 valence electrons. The molecular weight excluding hydrogens is 551 g/mol. The minimum atomic E-state index is -0.880. The number of para-hydroxylation sites is 2. The highest BCUT2D eigenvalue weighted by atomic mass is 19.1. The van der Waals surface area contributed by atoms with Gasteiger partial charge in [0, 0.05) is 32.5 Å². The average Bonchev–Trinajstić information content (AvgIpc) is 3.33. The van der Waals surface area contributed by atoms with Crippen LogP contribution in [-0.2, 0) is 13.5 Å². The lowest BCUT2D eigenvalue weighted by atomic mass is 9.66. The van der Waals surface area contributed by atoms with Gasteiger partial charge in [0.05, 0.1) is 16.6 Å². The number of fused-ring (bicyclic) bond motifs is 2. The van der Waals surface area contributed by atoms with Crippen LogP contribution in [0.2, 0.25) is 0 Å². The molecule has 6 nitrogen and oxygen atoms in total. The smallest absolute Gasteiger partial charge is 0.408 e. The van der Waals surface area contributed by atoms with Crippen LogP contribution in [0.3, 0.4) is 0 Å². The predicted octanol–water partition coefficient (Wildman–Crippen LogP) is 8.29. The van der Waals surface area contributed by atoms with Gasteiger partial charge in [-0.3, -0.25) is 4.90 Å². The molecule has 5 rings (SSSR count). The summed E-state index contributed by atoms with van der Waals surface area (Å²) in [5.41, 5.74) is 3.41. The van der Waals surface area contributed by atoms with Gasteiger partial charge in [-0.15, -0.1) is 0 Å². The number of hydrogen-bond donors (Lipinski definition) is 1. The number of amides is 1. The average molecular weight is 601 g/mol. The lowest BCUT2D eigenvalue weighted by molar-refractivity contribution is 0.0539. The molecule has 2 aliphatic carbocycles. The summed E-state index contributed by atoms with van der Waals surface area (Å²) in [6, 6.07) is 13.3. The molecule has 2 aliphatic rings. The van der Waals surface area contributed by atoms with Gasteiger partial charge in [-0.1, -0.05) is 62.8 Å². The van der Waals surface area contributed by atoms with Crippen molar-refractivity contribution in [3.05, 3.63) is 83.5 Å². The number of allylic oxidation sites excluding steroid dienone is 1. The van der Waals surface area contributed by atoms with Gasteiger partial charge in [-0.25, -0.2) is 14.2 Å². The van der Waals surface area contributed by atoms with Gasteiger partial charge in [-0.2, -0.15) is 0 Å². The molecule has 3 atom stereocenters. The number of hydrogen-bond acceptors (Lipinski definition) is 3. The van der Waals surface area contributed by atoms with Crippen LogP contribution in [0.1, 0.15) is 81.7 Å². The Morgan fingerprint density at radius 1 is 1.16 bits per heavy atom. The monoisotopic (exact) mass is 600 g/mol. The third kappa shape index (κ3) is 6.93. The van der Waals surface area contributed by atoms with E-state index in [1.54, 1.807) is 11.0 Å². The molecule has 0 saturated carbocycles. The van der Waals surface area contributed by atoms with Crippen LogP contribution in [0.5, 0.6) is 0 Å². The summed E-state index contributed by atoms with van der Waals surface area (Å²) >= 11 is 0. The fourth-order valence-corrected chi connectivity index (χ4v) is 7.59. The van der Waals surface area contributed by atoms with Gasteiger partial charge in [0.15, 0.2) is 0 Å². The molecule has 3 aromatic rings. The van der Waals surface area contributed by atoms with Crippen LogP contribution in [0.15, 0.2) is 60.7 Å². The van der Waals surface area contributed by atoms with Crippen molar-refractivity contribution in [2.75, 3.05) is 26.7 Å². The van der Waals surface area contributed by atoms with Crippen LogP contribution in [0, 0.1) is 17.7 Å². The second-order valence-electron chi connectivity index (χ2n) is 13.3. The highest BCUT2D eigenvalue weighted by Gasteiger charge is 2.48. The molecule has 1 N–H and O–H groups in total. The summed E-state index contributed by atoms with van der Waals surface area (Å²) in [5, 5.41) is 10.7. The van der Waals surface area contributed by atoms with Crippen LogP contribution >= 0.6 is 0 Å². The maximum absolute atomic E-state index is 14.2. The van der Waals surface area contributed by atoms with Crippen molar-refractivity contribution < 1.29 is 14.3 Å². The number of carboxylic acid groups (broad SMARTS) is 1. The number of carbonyl (C=O) groups is 1. The minimum Gasteiger partial charge on any atom is -0.465 e. The maximum atomic E-state index is 14.2. The third-order valence-electron chi connectivity index (χ3n) is 9.86. The first kappa shape index (κ1) is 32.0. The van der Waals surface area contributed by atoms with Gasteiger partial charge < -0.3 is 14.6 Å². The number of imidazole rings is 1. The van der Waals surface area contributed by atoms with Gasteiger partial charge in [0.2, 0.25) is 0 Å². The molecule has 0 spiro atoms. The summed E-state index contributed by atoms with van der Waals surface area (Å²) in [6.07, 6.45) is 15.6. The van der Waals surface area contributed by atoms with E-state index in [2.05, 4.69) is 73.8 Å². The molecule has 0 saturated heterocycles. The van der Waals surface area contributed by atoms with Gasteiger partial charge in [0.1, 0.15) is 11.6 Å². The zero-order chi connectivity index (χ0) is 31.3. The Labute approximate surface area is 262 Å². The third-order valence-corrected chi connectivity index (χ3v) is 9.86. The SMILES string of the molecule is CC(C)C1c2ccc(F)cc2C=C[C@]1(CCN(C)CCCCCc1nc2ccccc2n1C)N(C[C@@H]1C=CCCC1)C(=O)O. The summed E-state index contributed by atoms with van der Waals surface area (Å²) < 4.78 is 16.4. The Bertz CT molecular complexity index is 1490. The highest BCUT2D eigenvalue weighted by Crippen LogP contribution is 2.48. The Morgan fingerprint density at radius 2 is 1.98 bits per heavy atom. The first-order valence-corrected chi connectivity index (χ1v) is 16.4. The van der Waals surface area contributed by atoms with Crippen molar-refractivity contribution in [1.82, 2.24) is 19.4 Å². The standard InChI is InChI=1S/C37H49FN4O2/c1-27(2)35-31-19-18-30(38)25-29(31)20-21-37(35,42(36(43)44)26-28-13-7-5-8-14-28)22-24-40(3)23-12-6-9-17-34-39-32-15-10-11-16-33(32)41(34)4/h7,10-11,13,15-16,18-21,25,27-28,35H,5-6,8-9,12,14,17,22-24,26H2,1-4H3,(H,43,44)/t28-,35?,37-/m1/s1. The Balaban J connectivity index is 1.28. The summed E-state index contributed by atoms with van der Waals surface area (Å²) in [6.45, 7) is 6.54. The molecule has 2 aromatic carbocycles. The molecule has 1 heterocycles. The van der Waals surface area contributed by atoms with E-state index in [0.29, 0.717) is 13.0 Å². The number of rotatable bonds is 13. The Kier molecular flexibility index (Phi) is 10.2. The van der Waals surface area contributed by atoms with Crippen LogP contribution in [0.4, 0.5) is 9.18 Å². The van der Waals surface area contributed by atoms with Crippen molar-refractivity contribution in [3.63, 3.8) is 0 Å². The second kappa shape index (κ2) is 14.1. The molecule has 1 amide bonds. The molecular formula is C37H49FN4O2. The topological polar surface area (TPSA) is 61.6 Å². The molecule has 0 radical (unpaired) electrons. The van der Waals surface area contributed by atoms with Gasteiger partial charge in [0.25, 0.3) is 0 Å². The quantitative estimate of drug-likeness (QED) is 0.158. The van der Waals surface area contributed by atoms with Crippen molar-refractivity contribution in [2.45, 2.75) is 76.7 Å². The fraction of sp³-hybridized carbons (Fsp3) is 0.514. The van der Waals surface area contributed by atoms with Crippen LogP contribution in [0.25, 0.3) is 17.1 Å². The Hall–Kier alpha value is -3.45. The molecule has 0 bridgehead atoms. The number of nitrogens with zero attached hydrogens (tertiary/aromatic N) is 4. The molecule has 7 heteroatoms. The Morgan fingerprint density at radius 3 is 2.70 bits per heavy atom. The number of aryl methyl sites for hydroxylation is 2. The van der Waals surface area contributed by atoms with Gasteiger partial charge in [-0.05, 0) is 99.3 Å².